The van der Waals surface area contributed by atoms with Gasteiger partial charge in [-0.15, -0.1) is 0 Å². The molecule has 0 bridgehead atoms. The predicted octanol–water partition coefficient (Wildman–Crippen LogP) is 4.49. The summed E-state index contributed by atoms with van der Waals surface area (Å²) in [5.41, 5.74) is -2.12. The summed E-state index contributed by atoms with van der Waals surface area (Å²) < 4.78 is 39.1. The molecular formula is C15H19F3O. The number of benzene rings is 1. The molecule has 1 atom stereocenters. The van der Waals surface area contributed by atoms with Crippen LogP contribution in [0.1, 0.15) is 50.2 Å². The molecular weight excluding hydrogens is 253 g/mol. The van der Waals surface area contributed by atoms with Gasteiger partial charge in [-0.2, -0.15) is 13.2 Å². The Morgan fingerprint density at radius 2 is 1.53 bits per heavy atom. The highest BCUT2D eigenvalue weighted by molar-refractivity contribution is 5.34. The predicted molar refractivity (Wildman–Crippen MR) is 67.6 cm³/mol. The van der Waals surface area contributed by atoms with E-state index in [0.29, 0.717) is 0 Å². The first-order valence-electron chi connectivity index (χ1n) is 6.72. The second-order valence-corrected chi connectivity index (χ2v) is 5.53. The van der Waals surface area contributed by atoms with Gasteiger partial charge in [0.05, 0.1) is 11.2 Å². The van der Waals surface area contributed by atoms with Crippen LogP contribution in [0.2, 0.25) is 0 Å². The number of hydrogen-bond donors (Lipinski definition) is 1. The van der Waals surface area contributed by atoms with E-state index in [-0.39, 0.29) is 11.5 Å². The lowest BCUT2D eigenvalue weighted by atomic mass is 9.73. The van der Waals surface area contributed by atoms with Gasteiger partial charge in [-0.25, -0.2) is 0 Å². The lowest BCUT2D eigenvalue weighted by molar-refractivity contribution is -0.142. The van der Waals surface area contributed by atoms with Crippen molar-refractivity contribution in [3.63, 3.8) is 0 Å². The Labute approximate surface area is 111 Å². The fourth-order valence-corrected chi connectivity index (χ4v) is 3.06. The molecule has 0 saturated heterocycles. The SMILES string of the molecule is CC(O)(c1ccccc1C(F)(F)F)C1CCCCC1. The van der Waals surface area contributed by atoms with Gasteiger partial charge >= 0.3 is 6.18 Å². The van der Waals surface area contributed by atoms with Crippen LogP contribution in [0.15, 0.2) is 24.3 Å². The van der Waals surface area contributed by atoms with Crippen molar-refractivity contribution in [1.29, 1.82) is 0 Å². The van der Waals surface area contributed by atoms with Crippen LogP contribution >= 0.6 is 0 Å². The van der Waals surface area contributed by atoms with Crippen molar-refractivity contribution in [2.24, 2.45) is 5.92 Å². The molecule has 1 aromatic carbocycles. The second-order valence-electron chi connectivity index (χ2n) is 5.53. The molecule has 1 aliphatic carbocycles. The first-order valence-corrected chi connectivity index (χ1v) is 6.72. The largest absolute Gasteiger partial charge is 0.416 e. The lowest BCUT2D eigenvalue weighted by Crippen LogP contribution is -2.35. The van der Waals surface area contributed by atoms with Gasteiger partial charge in [0.1, 0.15) is 0 Å². The summed E-state index contributed by atoms with van der Waals surface area (Å²) in [6, 6.07) is 5.37. The van der Waals surface area contributed by atoms with E-state index in [0.717, 1.165) is 38.2 Å². The Hall–Kier alpha value is -1.03. The summed E-state index contributed by atoms with van der Waals surface area (Å²) in [6.45, 7) is 1.52. The molecule has 106 valence electrons. The van der Waals surface area contributed by atoms with Crippen molar-refractivity contribution in [2.45, 2.75) is 50.8 Å². The summed E-state index contributed by atoms with van der Waals surface area (Å²) >= 11 is 0. The molecule has 19 heavy (non-hydrogen) atoms. The quantitative estimate of drug-likeness (QED) is 0.840. The van der Waals surface area contributed by atoms with Gasteiger partial charge in [0.15, 0.2) is 0 Å². The van der Waals surface area contributed by atoms with Crippen molar-refractivity contribution in [1.82, 2.24) is 0 Å². The van der Waals surface area contributed by atoms with Crippen molar-refractivity contribution in [3.05, 3.63) is 35.4 Å². The molecule has 1 nitrogen and oxygen atoms in total. The van der Waals surface area contributed by atoms with Crippen LogP contribution in [-0.4, -0.2) is 5.11 Å². The van der Waals surface area contributed by atoms with Crippen LogP contribution in [0.4, 0.5) is 13.2 Å². The van der Waals surface area contributed by atoms with E-state index >= 15 is 0 Å². The van der Waals surface area contributed by atoms with Gasteiger partial charge in [0.2, 0.25) is 0 Å². The van der Waals surface area contributed by atoms with Crippen molar-refractivity contribution in [2.75, 3.05) is 0 Å². The number of alkyl halides is 3. The fraction of sp³-hybridized carbons (Fsp3) is 0.600. The summed E-state index contributed by atoms with van der Waals surface area (Å²) in [5, 5.41) is 10.7. The van der Waals surface area contributed by atoms with Crippen molar-refractivity contribution < 1.29 is 18.3 Å². The van der Waals surface area contributed by atoms with Crippen LogP contribution in [0.5, 0.6) is 0 Å². The first-order chi connectivity index (χ1) is 8.83. The van der Waals surface area contributed by atoms with Gasteiger partial charge in [-0.05, 0) is 37.3 Å². The highest BCUT2D eigenvalue weighted by atomic mass is 19.4. The minimum absolute atomic E-state index is 0.00870. The molecule has 0 aromatic heterocycles. The van der Waals surface area contributed by atoms with Gasteiger partial charge in [0, 0.05) is 0 Å². The van der Waals surface area contributed by atoms with Gasteiger partial charge in [-0.1, -0.05) is 37.5 Å². The van der Waals surface area contributed by atoms with Crippen molar-refractivity contribution in [3.8, 4) is 0 Å². The molecule has 1 N–H and O–H groups in total. The standard InChI is InChI=1S/C15H19F3O/c1-14(19,11-7-3-2-4-8-11)12-9-5-6-10-13(12)15(16,17)18/h5-6,9-11,19H,2-4,7-8H2,1H3. The average molecular weight is 272 g/mol. The molecule has 0 radical (unpaired) electrons. The fourth-order valence-electron chi connectivity index (χ4n) is 3.06. The zero-order valence-corrected chi connectivity index (χ0v) is 11.0. The minimum atomic E-state index is -4.42. The Morgan fingerprint density at radius 3 is 2.05 bits per heavy atom. The topological polar surface area (TPSA) is 20.2 Å². The van der Waals surface area contributed by atoms with E-state index in [1.165, 1.54) is 19.1 Å². The Kier molecular flexibility index (Phi) is 3.90. The Bertz CT molecular complexity index is 431. The molecule has 0 spiro atoms. The molecule has 4 heteroatoms. The molecule has 0 aliphatic heterocycles. The zero-order valence-electron chi connectivity index (χ0n) is 11.0. The molecule has 1 aliphatic rings. The monoisotopic (exact) mass is 272 g/mol. The molecule has 1 saturated carbocycles. The molecule has 0 amide bonds. The summed E-state index contributed by atoms with van der Waals surface area (Å²) in [4.78, 5) is 0. The maximum Gasteiger partial charge on any atom is 0.416 e. The van der Waals surface area contributed by atoms with Crippen LogP contribution in [-0.2, 0) is 11.8 Å². The van der Waals surface area contributed by atoms with Gasteiger partial charge < -0.3 is 5.11 Å². The smallest absolute Gasteiger partial charge is 0.385 e. The number of rotatable bonds is 2. The van der Waals surface area contributed by atoms with E-state index in [1.807, 2.05) is 0 Å². The highest BCUT2D eigenvalue weighted by Gasteiger charge is 2.42. The second kappa shape index (κ2) is 5.16. The molecule has 1 unspecified atom stereocenters. The Balaban J connectivity index is 2.39. The van der Waals surface area contributed by atoms with Crippen LogP contribution in [0, 0.1) is 5.92 Å². The number of halogens is 3. The summed E-state index contributed by atoms with van der Waals surface area (Å²) in [7, 11) is 0. The van der Waals surface area contributed by atoms with E-state index in [1.54, 1.807) is 6.07 Å². The molecule has 0 heterocycles. The molecule has 1 fully saturated rings. The van der Waals surface area contributed by atoms with Gasteiger partial charge in [0.25, 0.3) is 0 Å². The van der Waals surface area contributed by atoms with Crippen LogP contribution in [0.3, 0.4) is 0 Å². The summed E-state index contributed by atoms with van der Waals surface area (Å²) in [5.74, 6) is -0.0928. The van der Waals surface area contributed by atoms with E-state index in [4.69, 9.17) is 0 Å². The van der Waals surface area contributed by atoms with E-state index in [2.05, 4.69) is 0 Å². The average Bonchev–Trinajstić information content (AvgIpc) is 2.39. The lowest BCUT2D eigenvalue weighted by Gasteiger charge is -2.37. The van der Waals surface area contributed by atoms with Gasteiger partial charge in [-0.3, -0.25) is 0 Å². The number of hydrogen-bond acceptors (Lipinski definition) is 1. The third kappa shape index (κ3) is 2.94. The molecule has 2 rings (SSSR count). The van der Waals surface area contributed by atoms with Crippen LogP contribution < -0.4 is 0 Å². The van der Waals surface area contributed by atoms with E-state index in [9.17, 15) is 18.3 Å². The Morgan fingerprint density at radius 1 is 1.00 bits per heavy atom. The summed E-state index contributed by atoms with van der Waals surface area (Å²) in [6.07, 6.45) is 0.227. The highest BCUT2D eigenvalue weighted by Crippen LogP contribution is 2.43. The van der Waals surface area contributed by atoms with Crippen LogP contribution in [0.25, 0.3) is 0 Å². The number of aliphatic hydroxyl groups is 1. The minimum Gasteiger partial charge on any atom is -0.385 e. The van der Waals surface area contributed by atoms with E-state index < -0.39 is 17.3 Å². The third-order valence-corrected chi connectivity index (χ3v) is 4.18. The normalized spacial score (nSPS) is 21.1. The maximum absolute atomic E-state index is 13.0. The van der Waals surface area contributed by atoms with Crippen molar-refractivity contribution >= 4 is 0 Å². The molecule has 1 aromatic rings. The zero-order chi connectivity index (χ0) is 14.1. The maximum atomic E-state index is 13.0. The third-order valence-electron chi connectivity index (χ3n) is 4.18. The first kappa shape index (κ1) is 14.4.